The first-order valence-electron chi connectivity index (χ1n) is 7.70. The highest BCUT2D eigenvalue weighted by molar-refractivity contribution is 5.84. The highest BCUT2D eigenvalue weighted by Crippen LogP contribution is 2.35. The highest BCUT2D eigenvalue weighted by Gasteiger charge is 2.44. The van der Waals surface area contributed by atoms with Gasteiger partial charge in [-0.05, 0) is 38.1 Å². The Morgan fingerprint density at radius 3 is 2.65 bits per heavy atom. The van der Waals surface area contributed by atoms with Crippen LogP contribution in [0.25, 0.3) is 0 Å². The number of aliphatic carboxylic acids is 1. The molecule has 1 saturated carbocycles. The average molecular weight is 282 g/mol. The molecule has 3 atom stereocenters. The summed E-state index contributed by atoms with van der Waals surface area (Å²) in [5.41, 5.74) is -0.323. The molecule has 0 aromatic rings. The first-order valence-corrected chi connectivity index (χ1v) is 7.70. The minimum absolute atomic E-state index is 0.0218. The summed E-state index contributed by atoms with van der Waals surface area (Å²) < 4.78 is 0. The summed E-state index contributed by atoms with van der Waals surface area (Å²) in [6.07, 6.45) is 3.96. The van der Waals surface area contributed by atoms with E-state index in [-0.39, 0.29) is 29.2 Å². The molecule has 2 fully saturated rings. The van der Waals surface area contributed by atoms with Crippen molar-refractivity contribution in [1.82, 2.24) is 10.6 Å². The van der Waals surface area contributed by atoms with Crippen molar-refractivity contribution in [3.63, 3.8) is 0 Å². The molecule has 0 spiro atoms. The Labute approximate surface area is 120 Å². The minimum atomic E-state index is -0.731. The molecule has 0 aromatic carbocycles. The van der Waals surface area contributed by atoms with Gasteiger partial charge in [-0.2, -0.15) is 0 Å². The molecular weight excluding hydrogens is 256 g/mol. The van der Waals surface area contributed by atoms with Crippen LogP contribution < -0.4 is 10.6 Å². The molecule has 20 heavy (non-hydrogen) atoms. The molecular formula is C15H26N2O3. The van der Waals surface area contributed by atoms with Gasteiger partial charge in [0.15, 0.2) is 0 Å². The zero-order valence-corrected chi connectivity index (χ0v) is 12.4. The summed E-state index contributed by atoms with van der Waals surface area (Å²) in [5.74, 6) is -0.638. The standard InChI is InChI=1S/C15H26N2O3/c1-10(2)15(6-7-16-9-15)14(20)17-12-5-3-4-11(8-12)13(18)19/h10-12,16H,3-9H2,1-2H3,(H,17,20)(H,18,19). The van der Waals surface area contributed by atoms with E-state index in [2.05, 4.69) is 24.5 Å². The number of carboxylic acid groups (broad SMARTS) is 1. The van der Waals surface area contributed by atoms with Crippen molar-refractivity contribution >= 4 is 11.9 Å². The number of carbonyl (C=O) groups is 2. The maximum atomic E-state index is 12.7. The lowest BCUT2D eigenvalue weighted by atomic mass is 9.75. The van der Waals surface area contributed by atoms with Gasteiger partial charge in [0, 0.05) is 12.6 Å². The Morgan fingerprint density at radius 1 is 1.35 bits per heavy atom. The summed E-state index contributed by atoms with van der Waals surface area (Å²) in [6.45, 7) is 5.79. The second-order valence-electron chi connectivity index (χ2n) is 6.61. The van der Waals surface area contributed by atoms with E-state index in [0.29, 0.717) is 6.42 Å². The third-order valence-electron chi connectivity index (χ3n) is 5.10. The van der Waals surface area contributed by atoms with Crippen molar-refractivity contribution in [2.45, 2.75) is 52.0 Å². The molecule has 5 nitrogen and oxygen atoms in total. The van der Waals surface area contributed by atoms with Crippen molar-refractivity contribution in [2.24, 2.45) is 17.3 Å². The van der Waals surface area contributed by atoms with Crippen molar-refractivity contribution in [3.05, 3.63) is 0 Å². The Morgan fingerprint density at radius 2 is 2.10 bits per heavy atom. The van der Waals surface area contributed by atoms with Crippen LogP contribution in [-0.2, 0) is 9.59 Å². The van der Waals surface area contributed by atoms with E-state index in [1.807, 2.05) is 0 Å². The molecule has 5 heteroatoms. The van der Waals surface area contributed by atoms with Crippen molar-refractivity contribution in [1.29, 1.82) is 0 Å². The fourth-order valence-electron chi connectivity index (χ4n) is 3.53. The molecule has 3 N–H and O–H groups in total. The second kappa shape index (κ2) is 6.12. The third-order valence-corrected chi connectivity index (χ3v) is 5.10. The molecule has 3 unspecified atom stereocenters. The summed E-state index contributed by atoms with van der Waals surface area (Å²) in [5, 5.41) is 15.5. The van der Waals surface area contributed by atoms with Crippen LogP contribution in [0.2, 0.25) is 0 Å². The van der Waals surface area contributed by atoms with Crippen molar-refractivity contribution in [3.8, 4) is 0 Å². The summed E-state index contributed by atoms with van der Waals surface area (Å²) in [4.78, 5) is 23.7. The SMILES string of the molecule is CC(C)C1(C(=O)NC2CCCC(C(=O)O)C2)CCNC1. The van der Waals surface area contributed by atoms with Gasteiger partial charge in [0.25, 0.3) is 0 Å². The van der Waals surface area contributed by atoms with Crippen molar-refractivity contribution in [2.75, 3.05) is 13.1 Å². The molecule has 1 amide bonds. The molecule has 0 bridgehead atoms. The third kappa shape index (κ3) is 2.97. The van der Waals surface area contributed by atoms with Crippen molar-refractivity contribution < 1.29 is 14.7 Å². The smallest absolute Gasteiger partial charge is 0.306 e. The van der Waals surface area contributed by atoms with Gasteiger partial charge >= 0.3 is 5.97 Å². The Kier molecular flexibility index (Phi) is 4.68. The first-order chi connectivity index (χ1) is 9.45. The van der Waals surface area contributed by atoms with Crippen LogP contribution in [0.15, 0.2) is 0 Å². The summed E-state index contributed by atoms with van der Waals surface area (Å²) in [6, 6.07) is 0.0218. The second-order valence-corrected chi connectivity index (χ2v) is 6.61. The van der Waals surface area contributed by atoms with Crippen LogP contribution in [0.3, 0.4) is 0 Å². The molecule has 0 radical (unpaired) electrons. The Balaban J connectivity index is 1.98. The quantitative estimate of drug-likeness (QED) is 0.728. The lowest BCUT2D eigenvalue weighted by molar-refractivity contribution is -0.144. The predicted octanol–water partition coefficient (Wildman–Crippen LogP) is 1.38. The molecule has 1 heterocycles. The Bertz CT molecular complexity index is 375. The number of carboxylic acids is 1. The monoisotopic (exact) mass is 282 g/mol. The number of amides is 1. The average Bonchev–Trinajstić information content (AvgIpc) is 2.89. The van der Waals surface area contributed by atoms with E-state index < -0.39 is 5.97 Å². The van der Waals surface area contributed by atoms with Crippen LogP contribution in [0.5, 0.6) is 0 Å². The molecule has 2 aliphatic rings. The maximum absolute atomic E-state index is 12.7. The van der Waals surface area contributed by atoms with Gasteiger partial charge in [-0.15, -0.1) is 0 Å². The predicted molar refractivity (Wildman–Crippen MR) is 76.3 cm³/mol. The lowest BCUT2D eigenvalue weighted by Gasteiger charge is -2.35. The normalized spacial score (nSPS) is 34.1. The lowest BCUT2D eigenvalue weighted by Crippen LogP contribution is -2.50. The van der Waals surface area contributed by atoms with Crippen LogP contribution in [-0.4, -0.2) is 36.1 Å². The largest absolute Gasteiger partial charge is 0.481 e. The maximum Gasteiger partial charge on any atom is 0.306 e. The number of rotatable bonds is 4. The molecule has 114 valence electrons. The van der Waals surface area contributed by atoms with Crippen LogP contribution >= 0.6 is 0 Å². The van der Waals surface area contributed by atoms with Crippen LogP contribution in [0.1, 0.15) is 46.0 Å². The van der Waals surface area contributed by atoms with Gasteiger partial charge in [0.1, 0.15) is 0 Å². The number of hydrogen-bond acceptors (Lipinski definition) is 3. The van der Waals surface area contributed by atoms with Gasteiger partial charge in [-0.25, -0.2) is 0 Å². The summed E-state index contributed by atoms with van der Waals surface area (Å²) >= 11 is 0. The van der Waals surface area contributed by atoms with Gasteiger partial charge in [0.05, 0.1) is 11.3 Å². The van der Waals surface area contributed by atoms with E-state index in [0.717, 1.165) is 38.8 Å². The topological polar surface area (TPSA) is 78.4 Å². The van der Waals surface area contributed by atoms with E-state index in [1.54, 1.807) is 0 Å². The van der Waals surface area contributed by atoms with E-state index in [4.69, 9.17) is 5.11 Å². The first kappa shape index (κ1) is 15.3. The van der Waals surface area contributed by atoms with Gasteiger partial charge in [-0.3, -0.25) is 9.59 Å². The zero-order valence-electron chi connectivity index (χ0n) is 12.4. The fourth-order valence-corrected chi connectivity index (χ4v) is 3.53. The molecule has 0 aromatic heterocycles. The molecule has 1 aliphatic heterocycles. The molecule has 2 rings (SSSR count). The fraction of sp³-hybridized carbons (Fsp3) is 0.867. The minimum Gasteiger partial charge on any atom is -0.481 e. The number of carbonyl (C=O) groups excluding carboxylic acids is 1. The number of hydrogen-bond donors (Lipinski definition) is 3. The van der Waals surface area contributed by atoms with Gasteiger partial charge in [0.2, 0.25) is 5.91 Å². The Hall–Kier alpha value is -1.10. The summed E-state index contributed by atoms with van der Waals surface area (Å²) in [7, 11) is 0. The van der Waals surface area contributed by atoms with E-state index >= 15 is 0 Å². The molecule has 1 aliphatic carbocycles. The van der Waals surface area contributed by atoms with Gasteiger partial charge < -0.3 is 15.7 Å². The van der Waals surface area contributed by atoms with E-state index in [9.17, 15) is 9.59 Å². The number of nitrogens with one attached hydrogen (secondary N) is 2. The van der Waals surface area contributed by atoms with Gasteiger partial charge in [-0.1, -0.05) is 20.3 Å². The zero-order chi connectivity index (χ0) is 14.8. The van der Waals surface area contributed by atoms with E-state index in [1.165, 1.54) is 0 Å². The van der Waals surface area contributed by atoms with Crippen LogP contribution in [0, 0.1) is 17.3 Å². The highest BCUT2D eigenvalue weighted by atomic mass is 16.4. The molecule has 1 saturated heterocycles. The van der Waals surface area contributed by atoms with Crippen LogP contribution in [0.4, 0.5) is 0 Å².